The lowest BCUT2D eigenvalue weighted by molar-refractivity contribution is -0.155. The summed E-state index contributed by atoms with van der Waals surface area (Å²) in [6.45, 7) is 14.1. The van der Waals surface area contributed by atoms with Crippen molar-refractivity contribution in [1.82, 2.24) is 0 Å². The summed E-state index contributed by atoms with van der Waals surface area (Å²) in [4.78, 5) is 24.5. The Kier molecular flexibility index (Phi) is 9.12. The zero-order valence-corrected chi connectivity index (χ0v) is 17.9. The van der Waals surface area contributed by atoms with Crippen molar-refractivity contribution in [3.8, 4) is 0 Å². The summed E-state index contributed by atoms with van der Waals surface area (Å²) in [5.41, 5.74) is 0.433. The summed E-state index contributed by atoms with van der Waals surface area (Å²) < 4.78 is 10.9. The van der Waals surface area contributed by atoms with Gasteiger partial charge in [0, 0.05) is 0 Å². The van der Waals surface area contributed by atoms with Gasteiger partial charge in [-0.15, -0.1) is 0 Å². The first-order chi connectivity index (χ1) is 12.1. The van der Waals surface area contributed by atoms with Gasteiger partial charge in [0.2, 0.25) is 0 Å². The van der Waals surface area contributed by atoms with E-state index in [4.69, 9.17) is 9.47 Å². The highest BCUT2D eigenvalue weighted by atomic mass is 16.5. The molecule has 26 heavy (non-hydrogen) atoms. The lowest BCUT2D eigenvalue weighted by atomic mass is 9.82. The van der Waals surface area contributed by atoms with Crippen molar-refractivity contribution in [2.45, 2.75) is 92.9 Å². The Morgan fingerprint density at radius 2 is 1.04 bits per heavy atom. The molecule has 152 valence electrons. The van der Waals surface area contributed by atoms with Crippen LogP contribution in [0, 0.1) is 22.7 Å². The van der Waals surface area contributed by atoms with E-state index in [0.717, 1.165) is 51.4 Å². The molecule has 0 aliphatic heterocycles. The number of esters is 2. The van der Waals surface area contributed by atoms with E-state index in [1.165, 1.54) is 0 Å². The molecule has 0 amide bonds. The van der Waals surface area contributed by atoms with E-state index in [1.807, 2.05) is 0 Å². The summed E-state index contributed by atoms with van der Waals surface area (Å²) in [7, 11) is 0. The molecule has 0 unspecified atom stereocenters. The molecule has 0 saturated heterocycles. The molecule has 0 bridgehead atoms. The Labute approximate surface area is 160 Å². The first-order valence-electron chi connectivity index (χ1n) is 10.4. The van der Waals surface area contributed by atoms with Crippen molar-refractivity contribution in [2.75, 3.05) is 13.2 Å². The average Bonchev–Trinajstić information content (AvgIpc) is 2.61. The van der Waals surface area contributed by atoms with E-state index in [0.29, 0.717) is 13.2 Å². The maximum atomic E-state index is 12.2. The molecule has 0 aromatic carbocycles. The normalized spacial score (nSPS) is 21.3. The van der Waals surface area contributed by atoms with E-state index < -0.39 is 0 Å². The monoisotopic (exact) mass is 368 g/mol. The molecule has 1 aliphatic rings. The van der Waals surface area contributed by atoms with Crippen molar-refractivity contribution in [2.24, 2.45) is 22.7 Å². The van der Waals surface area contributed by atoms with Gasteiger partial charge in [-0.1, -0.05) is 54.4 Å². The van der Waals surface area contributed by atoms with Crippen LogP contribution in [0.4, 0.5) is 0 Å². The summed E-state index contributed by atoms with van der Waals surface area (Å²) in [6.07, 6.45) is 6.87. The topological polar surface area (TPSA) is 52.6 Å². The molecular weight excluding hydrogens is 328 g/mol. The van der Waals surface area contributed by atoms with Crippen molar-refractivity contribution < 1.29 is 19.1 Å². The minimum Gasteiger partial charge on any atom is -0.465 e. The Balaban J connectivity index is 2.26. The summed E-state index contributed by atoms with van der Waals surface area (Å²) in [5.74, 6) is -0.285. The molecular formula is C22H40O4. The Hall–Kier alpha value is -1.06. The molecule has 0 atom stereocenters. The second-order valence-corrected chi connectivity index (χ2v) is 9.42. The van der Waals surface area contributed by atoms with Crippen LogP contribution in [-0.2, 0) is 19.1 Å². The maximum Gasteiger partial charge on any atom is 0.308 e. The lowest BCUT2D eigenvalue weighted by Crippen LogP contribution is -2.29. The third-order valence-corrected chi connectivity index (χ3v) is 6.35. The lowest BCUT2D eigenvalue weighted by Gasteiger charge is -2.27. The van der Waals surface area contributed by atoms with Gasteiger partial charge in [0.05, 0.1) is 25.0 Å². The number of ether oxygens (including phenoxy) is 2. The molecule has 1 aliphatic carbocycles. The first kappa shape index (κ1) is 23.0. The minimum absolute atomic E-state index is 0.0530. The Morgan fingerprint density at radius 3 is 1.31 bits per heavy atom. The van der Waals surface area contributed by atoms with Crippen molar-refractivity contribution in [1.29, 1.82) is 0 Å². The fourth-order valence-corrected chi connectivity index (χ4v) is 3.01. The highest BCUT2D eigenvalue weighted by molar-refractivity contribution is 5.75. The van der Waals surface area contributed by atoms with Crippen LogP contribution in [0.3, 0.4) is 0 Å². The van der Waals surface area contributed by atoms with Gasteiger partial charge in [0.25, 0.3) is 0 Å². The first-order valence-corrected chi connectivity index (χ1v) is 10.4. The van der Waals surface area contributed by atoms with Crippen LogP contribution in [0.1, 0.15) is 92.9 Å². The van der Waals surface area contributed by atoms with Crippen LogP contribution in [-0.4, -0.2) is 25.2 Å². The molecule has 1 fully saturated rings. The van der Waals surface area contributed by atoms with Gasteiger partial charge in [-0.25, -0.2) is 0 Å². The van der Waals surface area contributed by atoms with Crippen LogP contribution in [0.2, 0.25) is 0 Å². The second-order valence-electron chi connectivity index (χ2n) is 9.42. The van der Waals surface area contributed by atoms with Crippen molar-refractivity contribution in [3.05, 3.63) is 0 Å². The van der Waals surface area contributed by atoms with E-state index in [2.05, 4.69) is 41.5 Å². The van der Waals surface area contributed by atoms with Crippen LogP contribution in [0.5, 0.6) is 0 Å². The minimum atomic E-state index is -0.0894. The molecule has 0 spiro atoms. The SMILES string of the molecule is CCC(C)(C)CCOC(=O)C1CCC(C(=O)OCCC(C)(C)CC)CC1. The molecule has 0 aromatic heterocycles. The van der Waals surface area contributed by atoms with Gasteiger partial charge < -0.3 is 9.47 Å². The number of hydrogen-bond acceptors (Lipinski definition) is 4. The summed E-state index contributed by atoms with van der Waals surface area (Å²) in [5, 5.41) is 0. The number of carbonyl (C=O) groups is 2. The molecule has 0 N–H and O–H groups in total. The molecule has 0 heterocycles. The quantitative estimate of drug-likeness (QED) is 0.476. The molecule has 1 saturated carbocycles. The standard InChI is InChI=1S/C22H40O4/c1-7-21(3,4)13-15-25-19(23)17-9-11-18(12-10-17)20(24)26-16-14-22(5,6)8-2/h17-18H,7-16H2,1-6H3. The third kappa shape index (κ3) is 8.09. The molecule has 4 heteroatoms. The maximum absolute atomic E-state index is 12.2. The molecule has 0 aromatic rings. The number of rotatable bonds is 10. The fourth-order valence-electron chi connectivity index (χ4n) is 3.01. The van der Waals surface area contributed by atoms with Gasteiger partial charge >= 0.3 is 11.9 Å². The van der Waals surface area contributed by atoms with Crippen LogP contribution in [0.25, 0.3) is 0 Å². The van der Waals surface area contributed by atoms with E-state index in [9.17, 15) is 9.59 Å². The summed E-state index contributed by atoms with van der Waals surface area (Å²) >= 11 is 0. The predicted octanol–water partition coefficient (Wildman–Crippen LogP) is 5.53. The molecule has 0 radical (unpaired) electrons. The fraction of sp³-hybridized carbons (Fsp3) is 0.909. The Bertz CT molecular complexity index is 403. The highest BCUT2D eigenvalue weighted by Crippen LogP contribution is 2.31. The van der Waals surface area contributed by atoms with E-state index in [1.54, 1.807) is 0 Å². The van der Waals surface area contributed by atoms with Crippen molar-refractivity contribution >= 4 is 11.9 Å². The van der Waals surface area contributed by atoms with Gasteiger partial charge in [0.15, 0.2) is 0 Å². The zero-order chi connectivity index (χ0) is 19.8. The number of carbonyl (C=O) groups excluding carboxylic acids is 2. The second kappa shape index (κ2) is 10.3. The highest BCUT2D eigenvalue weighted by Gasteiger charge is 2.32. The average molecular weight is 369 g/mol. The van der Waals surface area contributed by atoms with Gasteiger partial charge in [-0.05, 0) is 49.4 Å². The zero-order valence-electron chi connectivity index (χ0n) is 17.9. The smallest absolute Gasteiger partial charge is 0.308 e. The van der Waals surface area contributed by atoms with Crippen LogP contribution < -0.4 is 0 Å². The predicted molar refractivity (Wildman–Crippen MR) is 105 cm³/mol. The van der Waals surface area contributed by atoms with Crippen LogP contribution in [0.15, 0.2) is 0 Å². The van der Waals surface area contributed by atoms with Crippen molar-refractivity contribution in [3.63, 3.8) is 0 Å². The van der Waals surface area contributed by atoms with Gasteiger partial charge in [-0.2, -0.15) is 0 Å². The third-order valence-electron chi connectivity index (χ3n) is 6.35. The van der Waals surface area contributed by atoms with E-state index in [-0.39, 0.29) is 34.6 Å². The van der Waals surface area contributed by atoms with Gasteiger partial charge in [0.1, 0.15) is 0 Å². The Morgan fingerprint density at radius 1 is 0.731 bits per heavy atom. The molecule has 1 rings (SSSR count). The van der Waals surface area contributed by atoms with E-state index >= 15 is 0 Å². The molecule has 4 nitrogen and oxygen atoms in total. The van der Waals surface area contributed by atoms with Crippen LogP contribution >= 0.6 is 0 Å². The largest absolute Gasteiger partial charge is 0.465 e. The summed E-state index contributed by atoms with van der Waals surface area (Å²) in [6, 6.07) is 0. The van der Waals surface area contributed by atoms with Gasteiger partial charge in [-0.3, -0.25) is 9.59 Å². The number of hydrogen-bond donors (Lipinski definition) is 0.